The van der Waals surface area contributed by atoms with E-state index in [-0.39, 0.29) is 5.56 Å². The van der Waals surface area contributed by atoms with E-state index in [9.17, 15) is 4.79 Å². The van der Waals surface area contributed by atoms with Gasteiger partial charge in [0.2, 0.25) is 0 Å². The van der Waals surface area contributed by atoms with Crippen LogP contribution in [0.5, 0.6) is 5.75 Å². The van der Waals surface area contributed by atoms with E-state index in [1.54, 1.807) is 24.1 Å². The zero-order chi connectivity index (χ0) is 15.2. The lowest BCUT2D eigenvalue weighted by Gasteiger charge is -2.12. The van der Waals surface area contributed by atoms with Crippen molar-refractivity contribution >= 4 is 5.82 Å². The Labute approximate surface area is 124 Å². The molecule has 0 aliphatic heterocycles. The van der Waals surface area contributed by atoms with Gasteiger partial charge in [0.25, 0.3) is 5.56 Å². The normalized spacial score (nSPS) is 10.7. The van der Waals surface area contributed by atoms with Crippen molar-refractivity contribution in [3.63, 3.8) is 0 Å². The summed E-state index contributed by atoms with van der Waals surface area (Å²) < 4.78 is 6.85. The smallest absolute Gasteiger partial charge is 0.297 e. The van der Waals surface area contributed by atoms with Gasteiger partial charge in [0, 0.05) is 18.9 Å². The summed E-state index contributed by atoms with van der Waals surface area (Å²) in [6.45, 7) is 5.02. The molecule has 1 aromatic heterocycles. The van der Waals surface area contributed by atoms with Crippen molar-refractivity contribution in [3.05, 3.63) is 47.0 Å². The minimum absolute atomic E-state index is 0.175. The second-order valence-corrected chi connectivity index (χ2v) is 5.23. The number of rotatable bonds is 6. The van der Waals surface area contributed by atoms with E-state index in [0.29, 0.717) is 23.2 Å². The molecule has 0 saturated carbocycles. The zero-order valence-corrected chi connectivity index (χ0v) is 12.7. The summed E-state index contributed by atoms with van der Waals surface area (Å²) in [4.78, 5) is 16.6. The van der Waals surface area contributed by atoms with Crippen molar-refractivity contribution in [1.29, 1.82) is 0 Å². The van der Waals surface area contributed by atoms with Crippen LogP contribution in [0.2, 0.25) is 0 Å². The summed E-state index contributed by atoms with van der Waals surface area (Å²) in [6.07, 6.45) is 4.25. The van der Waals surface area contributed by atoms with Gasteiger partial charge in [-0.1, -0.05) is 26.0 Å². The van der Waals surface area contributed by atoms with Crippen LogP contribution in [-0.2, 0) is 0 Å². The highest BCUT2D eigenvalue weighted by Gasteiger charge is 2.09. The van der Waals surface area contributed by atoms with Gasteiger partial charge >= 0.3 is 0 Å². The standard InChI is InChI=1S/C16H21N3O2/c1-12(2)8-9-17-15-16(20)19(11-10-18-15)13-6-4-5-7-14(13)21-3/h4-7,10-12H,8-9H2,1-3H3,(H,17,18). The number of nitrogens with one attached hydrogen (secondary N) is 1. The number of methoxy groups -OCH3 is 1. The second kappa shape index (κ2) is 6.92. The Hall–Kier alpha value is -2.30. The fourth-order valence-corrected chi connectivity index (χ4v) is 2.03. The van der Waals surface area contributed by atoms with Crippen LogP contribution in [0.15, 0.2) is 41.5 Å². The van der Waals surface area contributed by atoms with Crippen LogP contribution >= 0.6 is 0 Å². The summed E-state index contributed by atoms with van der Waals surface area (Å²) in [5.41, 5.74) is 0.532. The molecule has 1 aromatic carbocycles. The van der Waals surface area contributed by atoms with Gasteiger partial charge in [0.1, 0.15) is 5.75 Å². The third-order valence-electron chi connectivity index (χ3n) is 3.20. The predicted octanol–water partition coefficient (Wildman–Crippen LogP) is 2.70. The monoisotopic (exact) mass is 287 g/mol. The van der Waals surface area contributed by atoms with Gasteiger partial charge in [0.05, 0.1) is 12.8 Å². The number of para-hydroxylation sites is 2. The predicted molar refractivity (Wildman–Crippen MR) is 84.3 cm³/mol. The van der Waals surface area contributed by atoms with E-state index in [4.69, 9.17) is 4.74 Å². The van der Waals surface area contributed by atoms with Crippen molar-refractivity contribution in [2.45, 2.75) is 20.3 Å². The molecule has 0 radical (unpaired) electrons. The van der Waals surface area contributed by atoms with Crippen LogP contribution in [0.3, 0.4) is 0 Å². The van der Waals surface area contributed by atoms with E-state index in [2.05, 4.69) is 24.1 Å². The van der Waals surface area contributed by atoms with Crippen molar-refractivity contribution in [1.82, 2.24) is 9.55 Å². The molecule has 0 unspecified atom stereocenters. The molecule has 1 heterocycles. The second-order valence-electron chi connectivity index (χ2n) is 5.23. The molecule has 0 bridgehead atoms. The number of anilines is 1. The first-order valence-corrected chi connectivity index (χ1v) is 7.08. The van der Waals surface area contributed by atoms with Crippen molar-refractivity contribution in [2.75, 3.05) is 19.0 Å². The summed E-state index contributed by atoms with van der Waals surface area (Å²) in [5, 5.41) is 3.11. The molecular weight excluding hydrogens is 266 g/mol. The quantitative estimate of drug-likeness (QED) is 0.887. The summed E-state index contributed by atoms with van der Waals surface area (Å²) in [6, 6.07) is 7.42. The van der Waals surface area contributed by atoms with Crippen LogP contribution in [0, 0.1) is 5.92 Å². The Morgan fingerprint density at radius 1 is 1.33 bits per heavy atom. The number of benzene rings is 1. The lowest BCUT2D eigenvalue weighted by Crippen LogP contribution is -2.24. The average Bonchev–Trinajstić information content (AvgIpc) is 2.49. The maximum absolute atomic E-state index is 12.5. The Morgan fingerprint density at radius 3 is 2.81 bits per heavy atom. The van der Waals surface area contributed by atoms with E-state index >= 15 is 0 Å². The van der Waals surface area contributed by atoms with Crippen LogP contribution < -0.4 is 15.6 Å². The summed E-state index contributed by atoms with van der Waals surface area (Å²) in [5.74, 6) is 1.60. The topological polar surface area (TPSA) is 56.1 Å². The van der Waals surface area contributed by atoms with E-state index in [1.807, 2.05) is 24.3 Å². The van der Waals surface area contributed by atoms with Gasteiger partial charge in [-0.05, 0) is 24.5 Å². The Balaban J connectivity index is 2.31. The molecule has 0 fully saturated rings. The van der Waals surface area contributed by atoms with Gasteiger partial charge < -0.3 is 10.1 Å². The lowest BCUT2D eigenvalue weighted by atomic mass is 10.1. The number of hydrogen-bond donors (Lipinski definition) is 1. The molecule has 1 N–H and O–H groups in total. The molecule has 0 saturated heterocycles. The van der Waals surface area contributed by atoms with E-state index in [0.717, 1.165) is 13.0 Å². The first-order chi connectivity index (χ1) is 10.1. The Morgan fingerprint density at radius 2 is 2.10 bits per heavy atom. The maximum Gasteiger partial charge on any atom is 0.297 e. The molecule has 112 valence electrons. The van der Waals surface area contributed by atoms with Crippen LogP contribution in [0.25, 0.3) is 5.69 Å². The van der Waals surface area contributed by atoms with Gasteiger partial charge in [-0.15, -0.1) is 0 Å². The molecule has 5 nitrogen and oxygen atoms in total. The Bertz CT molecular complexity index is 650. The van der Waals surface area contributed by atoms with Crippen molar-refractivity contribution in [3.8, 4) is 11.4 Å². The third kappa shape index (κ3) is 3.62. The fourth-order valence-electron chi connectivity index (χ4n) is 2.03. The third-order valence-corrected chi connectivity index (χ3v) is 3.20. The fraction of sp³-hybridized carbons (Fsp3) is 0.375. The van der Waals surface area contributed by atoms with Gasteiger partial charge in [-0.2, -0.15) is 0 Å². The number of nitrogens with zero attached hydrogens (tertiary/aromatic N) is 2. The first-order valence-electron chi connectivity index (χ1n) is 7.08. The van der Waals surface area contributed by atoms with Crippen molar-refractivity contribution in [2.24, 2.45) is 5.92 Å². The van der Waals surface area contributed by atoms with Crippen LogP contribution in [0.4, 0.5) is 5.82 Å². The first kappa shape index (κ1) is 15.1. The van der Waals surface area contributed by atoms with E-state index in [1.165, 1.54) is 0 Å². The molecule has 0 amide bonds. The molecule has 0 aliphatic carbocycles. The van der Waals surface area contributed by atoms with Crippen LogP contribution in [0.1, 0.15) is 20.3 Å². The molecule has 0 atom stereocenters. The zero-order valence-electron chi connectivity index (χ0n) is 12.7. The highest BCUT2D eigenvalue weighted by molar-refractivity contribution is 5.48. The molecule has 2 aromatic rings. The number of aromatic nitrogens is 2. The van der Waals surface area contributed by atoms with E-state index < -0.39 is 0 Å². The number of ether oxygens (including phenoxy) is 1. The molecule has 5 heteroatoms. The molecule has 2 rings (SSSR count). The highest BCUT2D eigenvalue weighted by atomic mass is 16.5. The maximum atomic E-state index is 12.5. The molecule has 0 aliphatic rings. The van der Waals surface area contributed by atoms with Gasteiger partial charge in [-0.3, -0.25) is 9.36 Å². The van der Waals surface area contributed by atoms with Gasteiger partial charge in [-0.25, -0.2) is 4.98 Å². The SMILES string of the molecule is COc1ccccc1-n1ccnc(NCCC(C)C)c1=O. The van der Waals surface area contributed by atoms with Crippen molar-refractivity contribution < 1.29 is 4.74 Å². The minimum atomic E-state index is -0.175. The van der Waals surface area contributed by atoms with Gasteiger partial charge in [0.15, 0.2) is 5.82 Å². The highest BCUT2D eigenvalue weighted by Crippen LogP contribution is 2.20. The molecule has 21 heavy (non-hydrogen) atoms. The van der Waals surface area contributed by atoms with Crippen LogP contribution in [-0.4, -0.2) is 23.2 Å². The average molecular weight is 287 g/mol. The Kier molecular flexibility index (Phi) is 4.98. The summed E-state index contributed by atoms with van der Waals surface area (Å²) in [7, 11) is 1.59. The lowest BCUT2D eigenvalue weighted by molar-refractivity contribution is 0.412. The largest absolute Gasteiger partial charge is 0.495 e. The minimum Gasteiger partial charge on any atom is -0.495 e. The molecule has 0 spiro atoms. The molecular formula is C16H21N3O2. The summed E-state index contributed by atoms with van der Waals surface area (Å²) >= 11 is 0. The number of hydrogen-bond acceptors (Lipinski definition) is 4.